The van der Waals surface area contributed by atoms with E-state index in [0.29, 0.717) is 0 Å². The molecule has 17 heavy (non-hydrogen) atoms. The zero-order chi connectivity index (χ0) is 11.2. The first-order valence-electron chi connectivity index (χ1n) is 5.19. The number of hydrogen-bond donors (Lipinski definition) is 0. The van der Waals surface area contributed by atoms with Gasteiger partial charge < -0.3 is 1.43 Å². The summed E-state index contributed by atoms with van der Waals surface area (Å²) >= 11 is 0. The monoisotopic (exact) mass is 216 g/mol. The molecule has 0 aromatic heterocycles. The summed E-state index contributed by atoms with van der Waals surface area (Å²) in [6.07, 6.45) is 3.43. The maximum atomic E-state index is 11.7. The van der Waals surface area contributed by atoms with Gasteiger partial charge in [-0.1, -0.05) is 66.7 Å². The molecular weight excluding hydrogens is 203 g/mol. The van der Waals surface area contributed by atoms with Gasteiger partial charge in [0.1, 0.15) is 0 Å². The Morgan fingerprint density at radius 1 is 0.882 bits per heavy atom. The zero-order valence-corrected chi connectivity index (χ0v) is 9.84. The van der Waals surface area contributed by atoms with Crippen molar-refractivity contribution in [3.8, 4) is 0 Å². The molecule has 0 aliphatic rings. The summed E-state index contributed by atoms with van der Waals surface area (Å²) in [5, 5.41) is 0. The fourth-order valence-corrected chi connectivity index (χ4v) is 1.43. The molecule has 0 amide bonds. The molecule has 1 nitrogen and oxygen atoms in total. The fraction of sp³-hybridized carbons (Fsp3) is 0. The number of ketones is 1. The predicted molar refractivity (Wildman–Crippen MR) is 67.4 cm³/mol. The largest absolute Gasteiger partial charge is 1.00 e. The van der Waals surface area contributed by atoms with Crippen LogP contribution in [0.15, 0.2) is 66.7 Å². The zero-order valence-electron chi connectivity index (χ0n) is 10.8. The van der Waals surface area contributed by atoms with Crippen molar-refractivity contribution >= 4 is 11.9 Å². The third-order valence-corrected chi connectivity index (χ3v) is 2.29. The Balaban J connectivity index is 0.00000144. The van der Waals surface area contributed by atoms with Crippen molar-refractivity contribution in [2.75, 3.05) is 0 Å². The van der Waals surface area contributed by atoms with E-state index < -0.39 is 0 Å². The van der Waals surface area contributed by atoms with Crippen molar-refractivity contribution in [2.45, 2.75) is 0 Å². The molecule has 0 saturated heterocycles. The van der Waals surface area contributed by atoms with Gasteiger partial charge in [-0.25, -0.2) is 0 Å². The Morgan fingerprint density at radius 3 is 2.00 bits per heavy atom. The van der Waals surface area contributed by atoms with Crippen LogP contribution in [0.25, 0.3) is 6.08 Å². The quantitative estimate of drug-likeness (QED) is 0.419. The van der Waals surface area contributed by atoms with Gasteiger partial charge in [0.25, 0.3) is 0 Å². The number of rotatable bonds is 3. The van der Waals surface area contributed by atoms with Crippen molar-refractivity contribution in [2.24, 2.45) is 0 Å². The second kappa shape index (κ2) is 6.91. The van der Waals surface area contributed by atoms with E-state index in [0.717, 1.165) is 11.1 Å². The van der Waals surface area contributed by atoms with Crippen LogP contribution >= 0.6 is 0 Å². The number of allylic oxidation sites excluding steroid dienone is 1. The summed E-state index contributed by atoms with van der Waals surface area (Å²) in [7, 11) is 0. The van der Waals surface area contributed by atoms with Gasteiger partial charge in [0, 0.05) is 5.56 Å². The molecule has 0 bridgehead atoms. The Morgan fingerprint density at radius 2 is 1.41 bits per heavy atom. The van der Waals surface area contributed by atoms with Crippen molar-refractivity contribution < 1.29 is 25.1 Å². The summed E-state index contributed by atoms with van der Waals surface area (Å²) in [4.78, 5) is 11.7. The van der Waals surface area contributed by atoms with Gasteiger partial charge in [0.15, 0.2) is 5.78 Å². The Bertz CT molecular complexity index is 494. The van der Waals surface area contributed by atoms with E-state index in [-0.39, 0.29) is 26.1 Å². The first-order valence-corrected chi connectivity index (χ1v) is 5.19. The van der Waals surface area contributed by atoms with Crippen LogP contribution in [0, 0.1) is 0 Å². The second-order valence-electron chi connectivity index (χ2n) is 3.47. The minimum Gasteiger partial charge on any atom is -1.00 e. The third-order valence-electron chi connectivity index (χ3n) is 2.29. The van der Waals surface area contributed by atoms with E-state index in [1.165, 1.54) is 0 Å². The molecule has 0 aliphatic heterocycles. The van der Waals surface area contributed by atoms with Crippen LogP contribution < -0.4 is 18.9 Å². The predicted octanol–water partition coefficient (Wildman–Crippen LogP) is 0.699. The number of benzene rings is 2. The summed E-state index contributed by atoms with van der Waals surface area (Å²) in [6.45, 7) is 0. The molecule has 80 valence electrons. The molecule has 2 heteroatoms. The number of carbonyl (C=O) groups excluding carboxylic acids is 1. The second-order valence-corrected chi connectivity index (χ2v) is 3.47. The van der Waals surface area contributed by atoms with Gasteiger partial charge in [0.2, 0.25) is 0 Å². The van der Waals surface area contributed by atoms with E-state index in [9.17, 15) is 4.79 Å². The molecule has 2 aromatic carbocycles. The van der Waals surface area contributed by atoms with Crippen molar-refractivity contribution in [1.82, 2.24) is 0 Å². The molecule has 0 saturated carbocycles. The van der Waals surface area contributed by atoms with Crippen molar-refractivity contribution in [3.05, 3.63) is 77.9 Å². The molecule has 0 fully saturated rings. The molecule has 0 aliphatic carbocycles. The van der Waals surface area contributed by atoms with E-state index in [1.807, 2.05) is 66.7 Å². The average Bonchev–Trinajstić information content (AvgIpc) is 2.38. The van der Waals surface area contributed by atoms with Crippen LogP contribution in [0.3, 0.4) is 0 Å². The minimum atomic E-state index is 0. The van der Waals surface area contributed by atoms with E-state index in [1.54, 1.807) is 6.08 Å². The van der Waals surface area contributed by atoms with Gasteiger partial charge in [0.05, 0.1) is 0 Å². The Hall–Kier alpha value is -1.55. The van der Waals surface area contributed by atoms with Gasteiger partial charge in [-0.2, -0.15) is 0 Å². The van der Waals surface area contributed by atoms with Crippen LogP contribution in [0.5, 0.6) is 0 Å². The smallest absolute Gasteiger partial charge is 1.00 e. The normalized spacial score (nSPS) is 9.88. The standard InChI is InChI=1S/C15H12O.Li.H/c16-15(14-9-5-2-6-10-14)12-11-13-7-3-1-4-8-13;;/h1-12H;;/q;+1;-1. The maximum absolute atomic E-state index is 11.7. The molecule has 0 radical (unpaired) electrons. The molecule has 0 unspecified atom stereocenters. The number of carbonyl (C=O) groups is 1. The average molecular weight is 216 g/mol. The van der Waals surface area contributed by atoms with Crippen LogP contribution in [-0.2, 0) is 0 Å². The van der Waals surface area contributed by atoms with E-state index >= 15 is 0 Å². The molecule has 0 heterocycles. The van der Waals surface area contributed by atoms with Crippen LogP contribution in [0.2, 0.25) is 0 Å². The first kappa shape index (κ1) is 13.5. The van der Waals surface area contributed by atoms with Crippen LogP contribution in [0.1, 0.15) is 17.3 Å². The van der Waals surface area contributed by atoms with Crippen molar-refractivity contribution in [1.29, 1.82) is 0 Å². The van der Waals surface area contributed by atoms with E-state index in [2.05, 4.69) is 0 Å². The fourth-order valence-electron chi connectivity index (χ4n) is 1.43. The Labute approximate surface area is 115 Å². The molecule has 0 atom stereocenters. The SMILES string of the molecule is O=C(C=Cc1ccccc1)c1ccccc1.[H-].[Li+]. The third kappa shape index (κ3) is 4.07. The van der Waals surface area contributed by atoms with Gasteiger partial charge in [-0.05, 0) is 11.6 Å². The summed E-state index contributed by atoms with van der Waals surface area (Å²) in [5.41, 5.74) is 1.75. The molecule has 2 aromatic rings. The summed E-state index contributed by atoms with van der Waals surface area (Å²) < 4.78 is 0. The molecule has 0 N–H and O–H groups in total. The summed E-state index contributed by atoms with van der Waals surface area (Å²) in [6, 6.07) is 19.1. The summed E-state index contributed by atoms with van der Waals surface area (Å²) in [5.74, 6) is 0.0319. The van der Waals surface area contributed by atoms with Crippen LogP contribution in [0.4, 0.5) is 0 Å². The molecule has 0 spiro atoms. The van der Waals surface area contributed by atoms with Crippen molar-refractivity contribution in [3.63, 3.8) is 0 Å². The van der Waals surface area contributed by atoms with Gasteiger partial charge in [-0.15, -0.1) is 0 Å². The van der Waals surface area contributed by atoms with Crippen LogP contribution in [-0.4, -0.2) is 5.78 Å². The Kier molecular flexibility index (Phi) is 5.49. The molecule has 2 rings (SSSR count). The van der Waals surface area contributed by atoms with E-state index in [4.69, 9.17) is 0 Å². The first-order chi connectivity index (χ1) is 7.86. The topological polar surface area (TPSA) is 17.1 Å². The van der Waals surface area contributed by atoms with Gasteiger partial charge >= 0.3 is 18.9 Å². The number of hydrogen-bond acceptors (Lipinski definition) is 1. The molecular formula is C15H13LiO. The van der Waals surface area contributed by atoms with Gasteiger partial charge in [-0.3, -0.25) is 4.79 Å². The minimum absolute atomic E-state index is 0. The maximum Gasteiger partial charge on any atom is 1.00 e.